The summed E-state index contributed by atoms with van der Waals surface area (Å²) >= 11 is 0. The summed E-state index contributed by atoms with van der Waals surface area (Å²) < 4.78 is 5.69. The normalized spacial score (nSPS) is 19.9. The number of nitrogens with zero attached hydrogens (tertiary/aromatic N) is 4. The molecule has 0 amide bonds. The van der Waals surface area contributed by atoms with Crippen LogP contribution < -0.4 is 10.5 Å². The Morgan fingerprint density at radius 3 is 3.00 bits per heavy atom. The SMILES string of the molecule is CCc1cccc2nc(-c3cccnc3N3CCN4CCCC4C3)oc(=O)c12. The maximum absolute atomic E-state index is 12.7. The highest BCUT2D eigenvalue weighted by Crippen LogP contribution is 2.31. The third-order valence-electron chi connectivity index (χ3n) is 6.03. The number of rotatable bonds is 3. The monoisotopic (exact) mass is 376 g/mol. The van der Waals surface area contributed by atoms with E-state index in [2.05, 4.69) is 14.8 Å². The molecule has 1 aromatic carbocycles. The zero-order valence-electron chi connectivity index (χ0n) is 16.1. The molecule has 6 heteroatoms. The van der Waals surface area contributed by atoms with Gasteiger partial charge in [-0.05, 0) is 49.6 Å². The van der Waals surface area contributed by atoms with Gasteiger partial charge in [-0.25, -0.2) is 14.8 Å². The number of piperazine rings is 1. The minimum atomic E-state index is -0.326. The Balaban J connectivity index is 1.58. The first kappa shape index (κ1) is 17.4. The van der Waals surface area contributed by atoms with Gasteiger partial charge in [-0.15, -0.1) is 0 Å². The van der Waals surface area contributed by atoms with Crippen LogP contribution in [0.3, 0.4) is 0 Å². The lowest BCUT2D eigenvalue weighted by molar-refractivity contribution is 0.230. The van der Waals surface area contributed by atoms with Crippen LogP contribution >= 0.6 is 0 Å². The van der Waals surface area contributed by atoms with Gasteiger partial charge in [0.05, 0.1) is 16.5 Å². The highest BCUT2D eigenvalue weighted by Gasteiger charge is 2.32. The summed E-state index contributed by atoms with van der Waals surface area (Å²) in [6.45, 7) is 6.17. The molecule has 6 nitrogen and oxygen atoms in total. The van der Waals surface area contributed by atoms with Crippen LogP contribution in [0.2, 0.25) is 0 Å². The molecule has 0 radical (unpaired) electrons. The number of pyridine rings is 1. The molecule has 5 rings (SSSR count). The average Bonchev–Trinajstić information content (AvgIpc) is 3.21. The Morgan fingerprint density at radius 1 is 1.18 bits per heavy atom. The van der Waals surface area contributed by atoms with E-state index in [1.807, 2.05) is 37.3 Å². The van der Waals surface area contributed by atoms with Crippen molar-refractivity contribution in [3.63, 3.8) is 0 Å². The topological polar surface area (TPSA) is 62.5 Å². The van der Waals surface area contributed by atoms with Gasteiger partial charge in [0, 0.05) is 31.9 Å². The zero-order chi connectivity index (χ0) is 19.1. The second-order valence-electron chi connectivity index (χ2n) is 7.62. The molecular weight excluding hydrogens is 352 g/mol. The average molecular weight is 376 g/mol. The third kappa shape index (κ3) is 2.88. The van der Waals surface area contributed by atoms with Crippen molar-refractivity contribution >= 4 is 16.7 Å². The van der Waals surface area contributed by atoms with E-state index in [9.17, 15) is 4.79 Å². The predicted molar refractivity (Wildman–Crippen MR) is 110 cm³/mol. The molecule has 4 heterocycles. The molecule has 1 unspecified atom stereocenters. The Morgan fingerprint density at radius 2 is 2.11 bits per heavy atom. The summed E-state index contributed by atoms with van der Waals surface area (Å²) in [5.74, 6) is 1.21. The second kappa shape index (κ2) is 7.02. The number of fused-ring (bicyclic) bond motifs is 2. The van der Waals surface area contributed by atoms with Crippen molar-refractivity contribution in [3.8, 4) is 11.5 Å². The first-order chi connectivity index (χ1) is 13.7. The van der Waals surface area contributed by atoms with Gasteiger partial charge in [0.2, 0.25) is 5.89 Å². The van der Waals surface area contributed by atoms with Crippen molar-refractivity contribution < 1.29 is 4.42 Å². The fraction of sp³-hybridized carbons (Fsp3) is 0.409. The van der Waals surface area contributed by atoms with Crippen molar-refractivity contribution in [2.75, 3.05) is 31.1 Å². The van der Waals surface area contributed by atoms with Crippen LogP contribution in [0.5, 0.6) is 0 Å². The van der Waals surface area contributed by atoms with E-state index in [1.165, 1.54) is 19.4 Å². The number of anilines is 1. The standard InChI is InChI=1S/C22H24N4O2/c1-2-15-6-3-9-18-19(15)22(27)28-21(24-18)17-8-4-10-23-20(17)26-13-12-25-11-5-7-16(25)14-26/h3-4,6,8-10,16H,2,5,7,11-14H2,1H3. The van der Waals surface area contributed by atoms with Gasteiger partial charge in [-0.2, -0.15) is 0 Å². The van der Waals surface area contributed by atoms with Crippen molar-refractivity contribution in [1.29, 1.82) is 0 Å². The number of benzene rings is 1. The molecule has 0 spiro atoms. The van der Waals surface area contributed by atoms with Crippen molar-refractivity contribution in [3.05, 3.63) is 52.5 Å². The summed E-state index contributed by atoms with van der Waals surface area (Å²) in [6, 6.07) is 10.2. The number of hydrogen-bond acceptors (Lipinski definition) is 6. The quantitative estimate of drug-likeness (QED) is 0.700. The number of aromatic nitrogens is 2. The minimum absolute atomic E-state index is 0.326. The molecule has 0 N–H and O–H groups in total. The molecule has 1 atom stereocenters. The molecule has 2 aromatic heterocycles. The lowest BCUT2D eigenvalue weighted by atomic mass is 10.1. The number of hydrogen-bond donors (Lipinski definition) is 0. The van der Waals surface area contributed by atoms with E-state index >= 15 is 0 Å². The molecule has 144 valence electrons. The van der Waals surface area contributed by atoms with Crippen LogP contribution in [0.1, 0.15) is 25.3 Å². The highest BCUT2D eigenvalue weighted by molar-refractivity contribution is 5.83. The summed E-state index contributed by atoms with van der Waals surface area (Å²) in [4.78, 5) is 27.0. The predicted octanol–water partition coefficient (Wildman–Crippen LogP) is 3.10. The summed E-state index contributed by atoms with van der Waals surface area (Å²) in [5.41, 5.74) is 2.11. The van der Waals surface area contributed by atoms with E-state index in [4.69, 9.17) is 9.40 Å². The lowest BCUT2D eigenvalue weighted by Gasteiger charge is -2.38. The Labute approximate surface area is 163 Å². The molecule has 2 aliphatic rings. The number of aryl methyl sites for hydroxylation is 1. The summed E-state index contributed by atoms with van der Waals surface area (Å²) in [6.07, 6.45) is 5.08. The van der Waals surface area contributed by atoms with Crippen LogP contribution in [0.4, 0.5) is 5.82 Å². The van der Waals surface area contributed by atoms with E-state index in [0.717, 1.165) is 43.0 Å². The third-order valence-corrected chi connectivity index (χ3v) is 6.03. The van der Waals surface area contributed by atoms with Crippen LogP contribution in [-0.4, -0.2) is 47.1 Å². The van der Waals surface area contributed by atoms with Crippen molar-refractivity contribution in [2.45, 2.75) is 32.2 Å². The second-order valence-corrected chi connectivity index (χ2v) is 7.62. The van der Waals surface area contributed by atoms with Gasteiger partial charge in [0.1, 0.15) is 5.82 Å². The van der Waals surface area contributed by atoms with Crippen molar-refractivity contribution in [1.82, 2.24) is 14.9 Å². The van der Waals surface area contributed by atoms with Crippen LogP contribution in [0, 0.1) is 0 Å². The fourth-order valence-corrected chi connectivity index (χ4v) is 4.60. The van der Waals surface area contributed by atoms with Gasteiger partial charge in [0.25, 0.3) is 0 Å². The molecule has 2 saturated heterocycles. The van der Waals surface area contributed by atoms with E-state index in [1.54, 1.807) is 6.20 Å². The highest BCUT2D eigenvalue weighted by atomic mass is 16.4. The molecule has 2 fully saturated rings. The fourth-order valence-electron chi connectivity index (χ4n) is 4.60. The molecule has 0 aliphatic carbocycles. The Bertz CT molecular complexity index is 1080. The van der Waals surface area contributed by atoms with Crippen LogP contribution in [-0.2, 0) is 6.42 Å². The van der Waals surface area contributed by atoms with Crippen LogP contribution in [0.25, 0.3) is 22.4 Å². The molecule has 3 aromatic rings. The minimum Gasteiger partial charge on any atom is -0.403 e. The van der Waals surface area contributed by atoms with Gasteiger partial charge in [-0.1, -0.05) is 19.1 Å². The maximum Gasteiger partial charge on any atom is 0.347 e. The van der Waals surface area contributed by atoms with E-state index in [-0.39, 0.29) is 5.63 Å². The first-order valence-electron chi connectivity index (χ1n) is 10.1. The van der Waals surface area contributed by atoms with E-state index in [0.29, 0.717) is 22.8 Å². The van der Waals surface area contributed by atoms with Gasteiger partial charge in [0.15, 0.2) is 0 Å². The van der Waals surface area contributed by atoms with Crippen LogP contribution in [0.15, 0.2) is 45.7 Å². The Hall–Kier alpha value is -2.73. The smallest absolute Gasteiger partial charge is 0.347 e. The Kier molecular flexibility index (Phi) is 4.36. The van der Waals surface area contributed by atoms with Gasteiger partial charge < -0.3 is 9.32 Å². The van der Waals surface area contributed by atoms with E-state index < -0.39 is 0 Å². The first-order valence-corrected chi connectivity index (χ1v) is 10.1. The zero-order valence-corrected chi connectivity index (χ0v) is 16.1. The largest absolute Gasteiger partial charge is 0.403 e. The molecule has 0 bridgehead atoms. The van der Waals surface area contributed by atoms with Gasteiger partial charge >= 0.3 is 5.63 Å². The summed E-state index contributed by atoms with van der Waals surface area (Å²) in [7, 11) is 0. The molecule has 28 heavy (non-hydrogen) atoms. The maximum atomic E-state index is 12.7. The summed E-state index contributed by atoms with van der Waals surface area (Å²) in [5, 5.41) is 0.582. The molecule has 2 aliphatic heterocycles. The molecular formula is C22H24N4O2. The lowest BCUT2D eigenvalue weighted by Crippen LogP contribution is -2.50. The van der Waals surface area contributed by atoms with Crippen molar-refractivity contribution in [2.24, 2.45) is 0 Å². The van der Waals surface area contributed by atoms with Gasteiger partial charge in [-0.3, -0.25) is 4.90 Å². The molecule has 0 saturated carbocycles.